The lowest BCUT2D eigenvalue weighted by Gasteiger charge is -2.20. The molecule has 7 heteroatoms. The van der Waals surface area contributed by atoms with Crippen molar-refractivity contribution in [3.63, 3.8) is 0 Å². The Hall–Kier alpha value is -1.60. The Balaban J connectivity index is 1.56. The van der Waals surface area contributed by atoms with Crippen LogP contribution in [0, 0.1) is 0 Å². The van der Waals surface area contributed by atoms with Crippen LogP contribution in [0.2, 0.25) is 0 Å². The zero-order valence-electron chi connectivity index (χ0n) is 14.6. The number of carbonyl (C=O) groups excluding carboxylic acids is 1. The number of hydrogen-bond donors (Lipinski definition) is 2. The Kier molecular flexibility index (Phi) is 6.31. The molecule has 1 aliphatic carbocycles. The molecule has 1 saturated carbocycles. The highest BCUT2D eigenvalue weighted by Gasteiger charge is 2.24. The lowest BCUT2D eigenvalue weighted by molar-refractivity contribution is -0.121. The Labute approximate surface area is 157 Å². The Morgan fingerprint density at radius 1 is 1.32 bits per heavy atom. The monoisotopic (exact) mass is 376 g/mol. The summed E-state index contributed by atoms with van der Waals surface area (Å²) in [5.74, 6) is 0.0409. The number of amides is 1. The van der Waals surface area contributed by atoms with Gasteiger partial charge in [-0.25, -0.2) is 0 Å². The number of carbonyl (C=O) groups is 1. The molecule has 0 aliphatic heterocycles. The van der Waals surface area contributed by atoms with Crippen molar-refractivity contribution in [1.29, 1.82) is 0 Å². The van der Waals surface area contributed by atoms with Crippen molar-refractivity contribution < 1.29 is 4.79 Å². The van der Waals surface area contributed by atoms with E-state index < -0.39 is 0 Å². The fourth-order valence-corrected chi connectivity index (χ4v) is 4.49. The zero-order valence-corrected chi connectivity index (χ0v) is 16.2. The summed E-state index contributed by atoms with van der Waals surface area (Å²) in [6, 6.07) is 10.8. The topological polar surface area (TPSA) is 66.9 Å². The summed E-state index contributed by atoms with van der Waals surface area (Å²) in [6.07, 6.45) is 4.37. The van der Waals surface area contributed by atoms with Crippen LogP contribution < -0.4 is 10.6 Å². The predicted molar refractivity (Wildman–Crippen MR) is 104 cm³/mol. The molecular formula is C18H24N4OS2. The molecule has 0 radical (unpaired) electrons. The lowest BCUT2D eigenvalue weighted by Crippen LogP contribution is -2.34. The van der Waals surface area contributed by atoms with E-state index in [2.05, 4.69) is 39.9 Å². The van der Waals surface area contributed by atoms with Crippen LogP contribution in [0.1, 0.15) is 51.1 Å². The number of nitrogens with one attached hydrogen (secondary N) is 2. The number of nitrogens with zero attached hydrogens (tertiary/aromatic N) is 2. The summed E-state index contributed by atoms with van der Waals surface area (Å²) in [6.45, 7) is 4.05. The van der Waals surface area contributed by atoms with E-state index in [0.717, 1.165) is 27.9 Å². The molecule has 134 valence electrons. The molecule has 1 heterocycles. The van der Waals surface area contributed by atoms with Crippen molar-refractivity contribution in [3.8, 4) is 0 Å². The molecular weight excluding hydrogens is 352 g/mol. The fourth-order valence-electron chi connectivity index (χ4n) is 2.51. The van der Waals surface area contributed by atoms with Gasteiger partial charge in [-0.2, -0.15) is 0 Å². The van der Waals surface area contributed by atoms with Crippen LogP contribution in [0.3, 0.4) is 0 Å². The SMILES string of the molecule is CCCC(NC(=O)C(C)Sc1nnc(NC2CC2)s1)c1ccccc1. The van der Waals surface area contributed by atoms with E-state index in [1.165, 1.54) is 35.9 Å². The second-order valence-electron chi connectivity index (χ2n) is 6.31. The summed E-state index contributed by atoms with van der Waals surface area (Å²) < 4.78 is 0.831. The molecule has 1 aromatic heterocycles. The van der Waals surface area contributed by atoms with Crippen molar-refractivity contribution in [3.05, 3.63) is 35.9 Å². The number of rotatable bonds is 9. The maximum atomic E-state index is 12.6. The van der Waals surface area contributed by atoms with Gasteiger partial charge >= 0.3 is 0 Å². The first-order valence-electron chi connectivity index (χ1n) is 8.77. The molecule has 1 amide bonds. The van der Waals surface area contributed by atoms with E-state index in [4.69, 9.17) is 0 Å². The van der Waals surface area contributed by atoms with Crippen molar-refractivity contribution in [1.82, 2.24) is 15.5 Å². The molecule has 2 unspecified atom stereocenters. The molecule has 2 N–H and O–H groups in total. The maximum Gasteiger partial charge on any atom is 0.233 e. The van der Waals surface area contributed by atoms with Gasteiger partial charge < -0.3 is 10.6 Å². The molecule has 1 aromatic carbocycles. The highest BCUT2D eigenvalue weighted by atomic mass is 32.2. The largest absolute Gasteiger partial charge is 0.357 e. The second kappa shape index (κ2) is 8.67. The van der Waals surface area contributed by atoms with Gasteiger partial charge in [-0.3, -0.25) is 4.79 Å². The smallest absolute Gasteiger partial charge is 0.233 e. The van der Waals surface area contributed by atoms with Crippen LogP contribution in [0.25, 0.3) is 0 Å². The maximum absolute atomic E-state index is 12.6. The number of aromatic nitrogens is 2. The van der Waals surface area contributed by atoms with Crippen LogP contribution >= 0.6 is 23.1 Å². The average molecular weight is 377 g/mol. The molecule has 1 fully saturated rings. The van der Waals surface area contributed by atoms with Crippen LogP contribution in [0.5, 0.6) is 0 Å². The number of hydrogen-bond acceptors (Lipinski definition) is 6. The molecule has 0 bridgehead atoms. The molecule has 2 aromatic rings. The first-order valence-corrected chi connectivity index (χ1v) is 10.5. The van der Waals surface area contributed by atoms with E-state index in [0.29, 0.717) is 6.04 Å². The van der Waals surface area contributed by atoms with E-state index in [1.807, 2.05) is 25.1 Å². The minimum absolute atomic E-state index is 0.0409. The molecule has 2 atom stereocenters. The zero-order chi connectivity index (χ0) is 17.6. The number of benzene rings is 1. The highest BCUT2D eigenvalue weighted by molar-refractivity contribution is 8.02. The number of thioether (sulfide) groups is 1. The number of anilines is 1. The second-order valence-corrected chi connectivity index (χ2v) is 8.88. The Morgan fingerprint density at radius 3 is 2.76 bits per heavy atom. The van der Waals surface area contributed by atoms with Crippen LogP contribution in [0.15, 0.2) is 34.7 Å². The minimum atomic E-state index is -0.204. The van der Waals surface area contributed by atoms with Gasteiger partial charge in [-0.1, -0.05) is 66.8 Å². The first-order chi connectivity index (χ1) is 12.2. The van der Waals surface area contributed by atoms with Crippen molar-refractivity contribution in [2.45, 2.75) is 61.2 Å². The van der Waals surface area contributed by atoms with Crippen molar-refractivity contribution in [2.75, 3.05) is 5.32 Å². The van der Waals surface area contributed by atoms with Crippen LogP contribution in [-0.4, -0.2) is 27.4 Å². The molecule has 3 rings (SSSR count). The highest BCUT2D eigenvalue weighted by Crippen LogP contribution is 2.32. The molecule has 1 aliphatic rings. The Bertz CT molecular complexity index is 687. The third-order valence-corrected chi connectivity index (χ3v) is 6.09. The summed E-state index contributed by atoms with van der Waals surface area (Å²) in [5, 5.41) is 15.5. The van der Waals surface area contributed by atoms with Gasteiger partial charge in [0.1, 0.15) is 0 Å². The summed E-state index contributed by atoms with van der Waals surface area (Å²) in [7, 11) is 0. The van der Waals surface area contributed by atoms with Crippen molar-refractivity contribution >= 4 is 34.1 Å². The van der Waals surface area contributed by atoms with Gasteiger partial charge in [0.25, 0.3) is 0 Å². The minimum Gasteiger partial charge on any atom is -0.357 e. The quantitative estimate of drug-likeness (QED) is 0.641. The molecule has 0 saturated heterocycles. The first kappa shape index (κ1) is 18.2. The van der Waals surface area contributed by atoms with Gasteiger partial charge in [-0.15, -0.1) is 10.2 Å². The summed E-state index contributed by atoms with van der Waals surface area (Å²) in [5.41, 5.74) is 1.15. The van der Waals surface area contributed by atoms with E-state index >= 15 is 0 Å². The van der Waals surface area contributed by atoms with Crippen molar-refractivity contribution in [2.24, 2.45) is 0 Å². The van der Waals surface area contributed by atoms with Gasteiger partial charge in [-0.05, 0) is 31.7 Å². The summed E-state index contributed by atoms with van der Waals surface area (Å²) in [4.78, 5) is 12.6. The van der Waals surface area contributed by atoms with Gasteiger partial charge in [0.05, 0.1) is 11.3 Å². The molecule has 5 nitrogen and oxygen atoms in total. The Morgan fingerprint density at radius 2 is 2.08 bits per heavy atom. The van der Waals surface area contributed by atoms with Gasteiger partial charge in [0.2, 0.25) is 11.0 Å². The van der Waals surface area contributed by atoms with Gasteiger partial charge in [0, 0.05) is 6.04 Å². The average Bonchev–Trinajstić information content (AvgIpc) is 3.33. The molecule has 0 spiro atoms. The van der Waals surface area contributed by atoms with Crippen LogP contribution in [-0.2, 0) is 4.79 Å². The lowest BCUT2D eigenvalue weighted by atomic mass is 10.0. The van der Waals surface area contributed by atoms with E-state index in [9.17, 15) is 4.79 Å². The fraction of sp³-hybridized carbons (Fsp3) is 0.500. The van der Waals surface area contributed by atoms with E-state index in [1.54, 1.807) is 0 Å². The van der Waals surface area contributed by atoms with Gasteiger partial charge in [0.15, 0.2) is 4.34 Å². The molecule has 25 heavy (non-hydrogen) atoms. The third-order valence-electron chi connectivity index (χ3n) is 4.05. The van der Waals surface area contributed by atoms with Crippen LogP contribution in [0.4, 0.5) is 5.13 Å². The predicted octanol–water partition coefficient (Wildman–Crippen LogP) is 4.25. The van der Waals surface area contributed by atoms with E-state index in [-0.39, 0.29) is 17.2 Å². The standard InChI is InChI=1S/C18H24N4OS2/c1-3-7-15(13-8-5-4-6-9-13)20-16(23)12(2)24-18-22-21-17(25-18)19-14-10-11-14/h4-6,8-9,12,14-15H,3,7,10-11H2,1-2H3,(H,19,21)(H,20,23). The summed E-state index contributed by atoms with van der Waals surface area (Å²) >= 11 is 2.99. The third kappa shape index (κ3) is 5.44. The normalized spacial score (nSPS) is 16.2.